The first-order valence-corrected chi connectivity index (χ1v) is 6.89. The molecule has 20 heavy (non-hydrogen) atoms. The van der Waals surface area contributed by atoms with Crippen molar-refractivity contribution in [3.05, 3.63) is 35.9 Å². The predicted octanol–water partition coefficient (Wildman–Crippen LogP) is 3.56. The fourth-order valence-electron chi connectivity index (χ4n) is 1.74. The summed E-state index contributed by atoms with van der Waals surface area (Å²) in [6.45, 7) is 7.36. The van der Waals surface area contributed by atoms with Gasteiger partial charge in [-0.25, -0.2) is 4.79 Å². The van der Waals surface area contributed by atoms with E-state index >= 15 is 0 Å². The van der Waals surface area contributed by atoms with E-state index in [1.54, 1.807) is 12.1 Å². The van der Waals surface area contributed by atoms with Crippen molar-refractivity contribution in [1.82, 2.24) is 5.32 Å². The number of hydrogen-bond acceptors (Lipinski definition) is 3. The molecule has 0 radical (unpaired) electrons. The monoisotopic (exact) mass is 277 g/mol. The highest BCUT2D eigenvalue weighted by molar-refractivity contribution is 5.96. The average Bonchev–Trinajstić information content (AvgIpc) is 2.36. The van der Waals surface area contributed by atoms with Gasteiger partial charge in [-0.2, -0.15) is 0 Å². The van der Waals surface area contributed by atoms with E-state index in [1.165, 1.54) is 0 Å². The molecule has 110 valence electrons. The Balaban J connectivity index is 2.55. The summed E-state index contributed by atoms with van der Waals surface area (Å²) in [6.07, 6.45) is 0.475. The first-order chi connectivity index (χ1) is 9.31. The van der Waals surface area contributed by atoms with E-state index in [2.05, 4.69) is 5.32 Å². The maximum atomic E-state index is 12.1. The van der Waals surface area contributed by atoms with Crippen LogP contribution in [0.5, 0.6) is 0 Å². The number of carbonyl (C=O) groups excluding carboxylic acids is 2. The lowest BCUT2D eigenvalue weighted by Crippen LogP contribution is -2.39. The first kappa shape index (κ1) is 16.2. The second-order valence-corrected chi connectivity index (χ2v) is 5.74. The minimum atomic E-state index is -0.536. The third kappa shape index (κ3) is 5.87. The fourth-order valence-corrected chi connectivity index (χ4v) is 1.74. The van der Waals surface area contributed by atoms with Crippen LogP contribution in [0.25, 0.3) is 0 Å². The number of ketones is 1. The Hall–Kier alpha value is -1.84. The molecule has 1 aromatic rings. The van der Waals surface area contributed by atoms with Crippen molar-refractivity contribution in [2.75, 3.05) is 0 Å². The maximum Gasteiger partial charge on any atom is 0.407 e. The van der Waals surface area contributed by atoms with Gasteiger partial charge in [-0.15, -0.1) is 0 Å². The van der Waals surface area contributed by atoms with Gasteiger partial charge in [0.2, 0.25) is 0 Å². The van der Waals surface area contributed by atoms with E-state index in [4.69, 9.17) is 4.74 Å². The number of amides is 1. The number of carbonyl (C=O) groups is 2. The number of benzene rings is 1. The summed E-state index contributed by atoms with van der Waals surface area (Å²) >= 11 is 0. The molecule has 1 amide bonds. The second kappa shape index (κ2) is 7.08. The number of alkyl carbamates (subject to hydrolysis) is 1. The Labute approximate surface area is 120 Å². The summed E-state index contributed by atoms with van der Waals surface area (Å²) in [5.41, 5.74) is 0.128. The van der Waals surface area contributed by atoms with Crippen LogP contribution in [0, 0.1) is 0 Å². The van der Waals surface area contributed by atoms with Gasteiger partial charge in [-0.1, -0.05) is 37.3 Å². The minimum Gasteiger partial charge on any atom is -0.444 e. The molecule has 1 aromatic carbocycles. The van der Waals surface area contributed by atoms with Gasteiger partial charge in [0.05, 0.1) is 0 Å². The van der Waals surface area contributed by atoms with Crippen LogP contribution in [-0.4, -0.2) is 23.5 Å². The van der Waals surface area contributed by atoms with Gasteiger partial charge in [0.15, 0.2) is 5.78 Å². The van der Waals surface area contributed by atoms with Crippen molar-refractivity contribution < 1.29 is 14.3 Å². The van der Waals surface area contributed by atoms with Crippen molar-refractivity contribution in [2.45, 2.75) is 52.2 Å². The largest absolute Gasteiger partial charge is 0.444 e. The molecule has 1 N–H and O–H groups in total. The van der Waals surface area contributed by atoms with E-state index in [0.29, 0.717) is 12.0 Å². The zero-order chi connectivity index (χ0) is 15.2. The number of hydrogen-bond donors (Lipinski definition) is 1. The van der Waals surface area contributed by atoms with Crippen LogP contribution in [0.3, 0.4) is 0 Å². The molecular weight excluding hydrogens is 254 g/mol. The summed E-state index contributed by atoms with van der Waals surface area (Å²) in [7, 11) is 0. The highest BCUT2D eigenvalue weighted by Crippen LogP contribution is 2.10. The van der Waals surface area contributed by atoms with Crippen LogP contribution in [0.15, 0.2) is 30.3 Å². The van der Waals surface area contributed by atoms with Gasteiger partial charge in [-0.05, 0) is 27.2 Å². The molecule has 0 aliphatic rings. The average molecular weight is 277 g/mol. The van der Waals surface area contributed by atoms with Gasteiger partial charge in [0.25, 0.3) is 0 Å². The minimum absolute atomic E-state index is 0.0218. The van der Waals surface area contributed by atoms with Crippen LogP contribution >= 0.6 is 0 Å². The van der Waals surface area contributed by atoms with Gasteiger partial charge in [0.1, 0.15) is 5.60 Å². The van der Waals surface area contributed by atoms with E-state index < -0.39 is 11.7 Å². The van der Waals surface area contributed by atoms with Gasteiger partial charge in [0, 0.05) is 18.0 Å². The van der Waals surface area contributed by atoms with Crippen LogP contribution < -0.4 is 5.32 Å². The van der Waals surface area contributed by atoms with E-state index in [0.717, 1.165) is 0 Å². The van der Waals surface area contributed by atoms with Gasteiger partial charge >= 0.3 is 6.09 Å². The van der Waals surface area contributed by atoms with E-state index in [-0.39, 0.29) is 18.2 Å². The van der Waals surface area contributed by atoms with Crippen LogP contribution in [0.1, 0.15) is 50.9 Å². The summed E-state index contributed by atoms with van der Waals surface area (Å²) in [4.78, 5) is 23.8. The van der Waals surface area contributed by atoms with Gasteiger partial charge in [-0.3, -0.25) is 4.79 Å². The summed E-state index contributed by atoms with van der Waals surface area (Å²) < 4.78 is 5.20. The van der Waals surface area contributed by atoms with Crippen molar-refractivity contribution >= 4 is 11.9 Å². The highest BCUT2D eigenvalue weighted by atomic mass is 16.6. The number of nitrogens with one attached hydrogen (secondary N) is 1. The molecule has 4 heteroatoms. The Kier molecular flexibility index (Phi) is 5.74. The fraction of sp³-hybridized carbons (Fsp3) is 0.500. The predicted molar refractivity (Wildman–Crippen MR) is 78.8 cm³/mol. The standard InChI is InChI=1S/C16H23NO3/c1-5-13(17-15(19)20-16(2,3)4)11-14(18)12-9-7-6-8-10-12/h6-10,13H,5,11H2,1-4H3,(H,17,19). The van der Waals surface area contributed by atoms with Crippen LogP contribution in [-0.2, 0) is 4.74 Å². The molecule has 0 saturated carbocycles. The van der Waals surface area contributed by atoms with Crippen molar-refractivity contribution in [3.63, 3.8) is 0 Å². The molecule has 1 unspecified atom stereocenters. The highest BCUT2D eigenvalue weighted by Gasteiger charge is 2.20. The smallest absolute Gasteiger partial charge is 0.407 e. The summed E-state index contributed by atoms with van der Waals surface area (Å²) in [5, 5.41) is 2.74. The Morgan fingerprint density at radius 1 is 1.20 bits per heavy atom. The zero-order valence-electron chi connectivity index (χ0n) is 12.6. The zero-order valence-corrected chi connectivity index (χ0v) is 12.6. The molecule has 0 fully saturated rings. The third-order valence-corrected chi connectivity index (χ3v) is 2.74. The van der Waals surface area contributed by atoms with E-state index in [9.17, 15) is 9.59 Å². The Morgan fingerprint density at radius 2 is 1.80 bits per heavy atom. The Bertz CT molecular complexity index is 449. The molecule has 0 bridgehead atoms. The van der Waals surface area contributed by atoms with Gasteiger partial charge < -0.3 is 10.1 Å². The third-order valence-electron chi connectivity index (χ3n) is 2.74. The lowest BCUT2D eigenvalue weighted by atomic mass is 10.0. The van der Waals surface area contributed by atoms with Crippen LogP contribution in [0.2, 0.25) is 0 Å². The molecule has 0 aliphatic heterocycles. The van der Waals surface area contributed by atoms with E-state index in [1.807, 2.05) is 45.9 Å². The SMILES string of the molecule is CCC(CC(=O)c1ccccc1)NC(=O)OC(C)(C)C. The second-order valence-electron chi connectivity index (χ2n) is 5.74. The molecule has 1 rings (SSSR count). The molecule has 0 spiro atoms. The summed E-state index contributed by atoms with van der Waals surface area (Å²) in [5.74, 6) is 0.0218. The molecule has 0 aromatic heterocycles. The molecule has 0 saturated heterocycles. The topological polar surface area (TPSA) is 55.4 Å². The lowest BCUT2D eigenvalue weighted by Gasteiger charge is -2.22. The normalized spacial score (nSPS) is 12.6. The van der Waals surface area contributed by atoms with Crippen molar-refractivity contribution in [1.29, 1.82) is 0 Å². The first-order valence-electron chi connectivity index (χ1n) is 6.89. The maximum absolute atomic E-state index is 12.1. The summed E-state index contributed by atoms with van der Waals surface area (Å²) in [6, 6.07) is 8.88. The molecule has 1 atom stereocenters. The number of Topliss-reactive ketones (excluding diaryl/α,β-unsaturated/α-hetero) is 1. The molecule has 0 heterocycles. The number of rotatable bonds is 5. The molecular formula is C16H23NO3. The van der Waals surface area contributed by atoms with Crippen molar-refractivity contribution in [2.24, 2.45) is 0 Å². The molecule has 4 nitrogen and oxygen atoms in total. The van der Waals surface area contributed by atoms with Crippen molar-refractivity contribution in [3.8, 4) is 0 Å². The Morgan fingerprint density at radius 3 is 2.30 bits per heavy atom. The molecule has 0 aliphatic carbocycles. The lowest BCUT2D eigenvalue weighted by molar-refractivity contribution is 0.0500. The number of ether oxygens (including phenoxy) is 1. The quantitative estimate of drug-likeness (QED) is 0.837. The van der Waals surface area contributed by atoms with Crippen LogP contribution in [0.4, 0.5) is 4.79 Å².